The van der Waals surface area contributed by atoms with Gasteiger partial charge in [0.25, 0.3) is 5.91 Å². The Kier molecular flexibility index (Phi) is 5.93. The number of halogens is 1. The summed E-state index contributed by atoms with van der Waals surface area (Å²) in [7, 11) is 1.90. The Bertz CT molecular complexity index is 778. The summed E-state index contributed by atoms with van der Waals surface area (Å²) in [6, 6.07) is 5.70. The number of ether oxygens (including phenoxy) is 1. The van der Waals surface area contributed by atoms with Gasteiger partial charge >= 0.3 is 0 Å². The monoisotopic (exact) mass is 374 g/mol. The van der Waals surface area contributed by atoms with E-state index in [0.717, 1.165) is 31.5 Å². The van der Waals surface area contributed by atoms with Crippen molar-refractivity contribution in [1.29, 1.82) is 0 Å². The Balaban J connectivity index is 1.58. The molecule has 7 heteroatoms. The molecule has 2 heterocycles. The maximum Gasteiger partial charge on any atom is 0.274 e. The molecule has 6 nitrogen and oxygen atoms in total. The fourth-order valence-electron chi connectivity index (χ4n) is 2.85. The normalized spacial score (nSPS) is 13.7. The number of likely N-dealkylation sites (tertiary alicyclic amines) is 1. The molecule has 0 atom stereocenters. The van der Waals surface area contributed by atoms with Crippen molar-refractivity contribution in [3.63, 3.8) is 0 Å². The number of hydrogen-bond donors (Lipinski definition) is 0. The van der Waals surface area contributed by atoms with Crippen molar-refractivity contribution in [1.82, 2.24) is 14.9 Å². The zero-order chi connectivity index (χ0) is 18.5. The second kappa shape index (κ2) is 8.36. The lowest BCUT2D eigenvalue weighted by molar-refractivity contribution is 0.0786. The lowest BCUT2D eigenvalue weighted by Gasteiger charge is -2.20. The number of anilines is 1. The number of hydrogen-bond acceptors (Lipinski definition) is 5. The summed E-state index contributed by atoms with van der Waals surface area (Å²) in [6.07, 6.45) is 5.29. The number of benzene rings is 1. The average Bonchev–Trinajstić information content (AvgIpc) is 3.17. The number of aromatic nitrogens is 2. The molecule has 1 fully saturated rings. The van der Waals surface area contributed by atoms with E-state index in [1.807, 2.05) is 42.0 Å². The first-order valence-electron chi connectivity index (χ1n) is 8.76. The van der Waals surface area contributed by atoms with Gasteiger partial charge < -0.3 is 14.5 Å². The SMILES string of the molecule is Cc1ccc(OCCN(C)c2cncc(C(=O)N3CCCC3)n2)c(Cl)c1. The molecule has 1 aromatic heterocycles. The maximum atomic E-state index is 12.5. The molecule has 1 amide bonds. The van der Waals surface area contributed by atoms with Crippen LogP contribution in [0, 0.1) is 6.92 Å². The van der Waals surface area contributed by atoms with E-state index in [-0.39, 0.29) is 5.91 Å². The molecule has 0 spiro atoms. The van der Waals surface area contributed by atoms with Crippen molar-refractivity contribution in [2.75, 3.05) is 38.2 Å². The third-order valence-electron chi connectivity index (χ3n) is 4.40. The molecule has 0 radical (unpaired) electrons. The van der Waals surface area contributed by atoms with E-state index in [4.69, 9.17) is 16.3 Å². The van der Waals surface area contributed by atoms with Gasteiger partial charge in [-0.05, 0) is 37.5 Å². The van der Waals surface area contributed by atoms with Gasteiger partial charge in [-0.2, -0.15) is 0 Å². The predicted octanol–water partition coefficient (Wildman–Crippen LogP) is 3.19. The molecule has 0 saturated carbocycles. The molecule has 138 valence electrons. The number of likely N-dealkylation sites (N-methyl/N-ethyl adjacent to an activating group) is 1. The molecule has 0 unspecified atom stereocenters. The van der Waals surface area contributed by atoms with Crippen LogP contribution < -0.4 is 9.64 Å². The summed E-state index contributed by atoms with van der Waals surface area (Å²) in [5, 5.41) is 0.602. The van der Waals surface area contributed by atoms with Crippen LogP contribution in [0.1, 0.15) is 28.9 Å². The molecule has 3 rings (SSSR count). The molecule has 0 N–H and O–H groups in total. The van der Waals surface area contributed by atoms with E-state index in [1.165, 1.54) is 6.20 Å². The topological polar surface area (TPSA) is 58.6 Å². The minimum absolute atomic E-state index is 0.0482. The number of rotatable bonds is 6. The molecule has 1 saturated heterocycles. The van der Waals surface area contributed by atoms with E-state index < -0.39 is 0 Å². The number of amides is 1. The Labute approximate surface area is 158 Å². The molecule has 0 aliphatic carbocycles. The number of carbonyl (C=O) groups excluding carboxylic acids is 1. The van der Waals surface area contributed by atoms with Gasteiger partial charge in [-0.25, -0.2) is 4.98 Å². The zero-order valence-electron chi connectivity index (χ0n) is 15.1. The van der Waals surface area contributed by atoms with E-state index in [9.17, 15) is 4.79 Å². The third kappa shape index (κ3) is 4.43. The van der Waals surface area contributed by atoms with Gasteiger partial charge in [0.2, 0.25) is 0 Å². The lowest BCUT2D eigenvalue weighted by atomic mass is 10.2. The first kappa shape index (κ1) is 18.5. The van der Waals surface area contributed by atoms with Gasteiger partial charge in [-0.15, -0.1) is 0 Å². The molecule has 0 bridgehead atoms. The van der Waals surface area contributed by atoms with E-state index >= 15 is 0 Å². The van der Waals surface area contributed by atoms with Crippen LogP contribution in [0.2, 0.25) is 5.02 Å². The van der Waals surface area contributed by atoms with Gasteiger partial charge in [0.1, 0.15) is 23.9 Å². The van der Waals surface area contributed by atoms with Crippen LogP contribution in [0.4, 0.5) is 5.82 Å². The van der Waals surface area contributed by atoms with E-state index in [2.05, 4.69) is 9.97 Å². The van der Waals surface area contributed by atoms with Gasteiger partial charge in [-0.1, -0.05) is 17.7 Å². The molecular formula is C19H23ClN4O2. The number of aryl methyl sites for hydroxylation is 1. The maximum absolute atomic E-state index is 12.5. The van der Waals surface area contributed by atoms with Crippen molar-refractivity contribution >= 4 is 23.3 Å². The Morgan fingerprint density at radius 2 is 2.08 bits per heavy atom. The lowest BCUT2D eigenvalue weighted by Crippen LogP contribution is -2.30. The molecule has 1 aromatic carbocycles. The third-order valence-corrected chi connectivity index (χ3v) is 4.69. The standard InChI is InChI=1S/C19H23ClN4O2/c1-14-5-6-17(15(20)11-14)26-10-9-23(2)18-13-21-12-16(22-18)19(25)24-7-3-4-8-24/h5-6,11-13H,3-4,7-10H2,1-2H3. The number of nitrogens with zero attached hydrogens (tertiary/aromatic N) is 4. The zero-order valence-corrected chi connectivity index (χ0v) is 15.9. The second-order valence-corrected chi connectivity index (χ2v) is 6.87. The highest BCUT2D eigenvalue weighted by Gasteiger charge is 2.21. The summed E-state index contributed by atoms with van der Waals surface area (Å²) in [5.41, 5.74) is 1.48. The van der Waals surface area contributed by atoms with Crippen molar-refractivity contribution in [3.8, 4) is 5.75 Å². The minimum Gasteiger partial charge on any atom is -0.490 e. The Morgan fingerprint density at radius 3 is 2.81 bits per heavy atom. The minimum atomic E-state index is -0.0482. The van der Waals surface area contributed by atoms with Crippen LogP contribution in [-0.2, 0) is 0 Å². The molecule has 26 heavy (non-hydrogen) atoms. The van der Waals surface area contributed by atoms with Gasteiger partial charge in [0.05, 0.1) is 24.0 Å². The fourth-order valence-corrected chi connectivity index (χ4v) is 3.14. The molecule has 1 aliphatic rings. The largest absolute Gasteiger partial charge is 0.490 e. The predicted molar refractivity (Wildman–Crippen MR) is 102 cm³/mol. The van der Waals surface area contributed by atoms with Crippen molar-refractivity contribution in [2.24, 2.45) is 0 Å². The van der Waals surface area contributed by atoms with Crippen LogP contribution in [-0.4, -0.2) is 54.1 Å². The molecule has 1 aliphatic heterocycles. The van der Waals surface area contributed by atoms with Crippen LogP contribution in [0.5, 0.6) is 5.75 Å². The summed E-state index contributed by atoms with van der Waals surface area (Å²) in [4.78, 5) is 24.8. The van der Waals surface area contributed by atoms with Crippen LogP contribution >= 0.6 is 11.6 Å². The summed E-state index contributed by atoms with van der Waals surface area (Å²) >= 11 is 6.18. The highest BCUT2D eigenvalue weighted by Crippen LogP contribution is 2.25. The first-order chi connectivity index (χ1) is 12.5. The van der Waals surface area contributed by atoms with Crippen LogP contribution in [0.25, 0.3) is 0 Å². The van der Waals surface area contributed by atoms with E-state index in [1.54, 1.807) is 6.20 Å². The van der Waals surface area contributed by atoms with Crippen molar-refractivity contribution < 1.29 is 9.53 Å². The van der Waals surface area contributed by atoms with Gasteiger partial charge in [0.15, 0.2) is 0 Å². The Hall–Kier alpha value is -2.34. The van der Waals surface area contributed by atoms with Crippen LogP contribution in [0.3, 0.4) is 0 Å². The quantitative estimate of drug-likeness (QED) is 0.777. The highest BCUT2D eigenvalue weighted by atomic mass is 35.5. The van der Waals surface area contributed by atoms with Crippen molar-refractivity contribution in [2.45, 2.75) is 19.8 Å². The van der Waals surface area contributed by atoms with Gasteiger partial charge in [0, 0.05) is 20.1 Å². The van der Waals surface area contributed by atoms with E-state index in [0.29, 0.717) is 35.4 Å². The first-order valence-corrected chi connectivity index (χ1v) is 9.14. The van der Waals surface area contributed by atoms with Crippen LogP contribution in [0.15, 0.2) is 30.6 Å². The summed E-state index contributed by atoms with van der Waals surface area (Å²) in [6.45, 7) is 4.63. The summed E-state index contributed by atoms with van der Waals surface area (Å²) in [5.74, 6) is 1.26. The highest BCUT2D eigenvalue weighted by molar-refractivity contribution is 6.32. The summed E-state index contributed by atoms with van der Waals surface area (Å²) < 4.78 is 5.75. The molecule has 2 aromatic rings. The van der Waals surface area contributed by atoms with Crippen molar-refractivity contribution in [3.05, 3.63) is 46.9 Å². The van der Waals surface area contributed by atoms with Gasteiger partial charge in [-0.3, -0.25) is 9.78 Å². The Morgan fingerprint density at radius 1 is 1.31 bits per heavy atom. The smallest absolute Gasteiger partial charge is 0.274 e. The average molecular weight is 375 g/mol. The number of carbonyl (C=O) groups is 1. The fraction of sp³-hybridized carbons (Fsp3) is 0.421. The molecular weight excluding hydrogens is 352 g/mol. The second-order valence-electron chi connectivity index (χ2n) is 6.47.